The van der Waals surface area contributed by atoms with E-state index in [9.17, 15) is 18.3 Å². The van der Waals surface area contributed by atoms with Crippen molar-refractivity contribution in [2.45, 2.75) is 44.4 Å². The molecule has 1 N–H and O–H groups in total. The Balaban J connectivity index is 1.79. The van der Waals surface area contributed by atoms with Gasteiger partial charge < -0.3 is 5.11 Å². The quantitative estimate of drug-likeness (QED) is 0.851. The fourth-order valence-electron chi connectivity index (χ4n) is 2.09. The Hall–Kier alpha value is -1.03. The van der Waals surface area contributed by atoms with Gasteiger partial charge in [0.15, 0.2) is 0 Å². The normalized spacial score (nSPS) is 17.8. The van der Waals surface area contributed by atoms with Gasteiger partial charge in [0, 0.05) is 0 Å². The molecular formula is C14H17F3O. The first kappa shape index (κ1) is 13.4. The van der Waals surface area contributed by atoms with Gasteiger partial charge in [0.25, 0.3) is 0 Å². The Morgan fingerprint density at radius 3 is 2.28 bits per heavy atom. The molecule has 0 radical (unpaired) electrons. The van der Waals surface area contributed by atoms with Gasteiger partial charge in [-0.05, 0) is 55.7 Å². The Morgan fingerprint density at radius 1 is 1.17 bits per heavy atom. The molecule has 0 heterocycles. The van der Waals surface area contributed by atoms with E-state index < -0.39 is 11.7 Å². The Bertz CT molecular complexity index is 379. The van der Waals surface area contributed by atoms with Gasteiger partial charge in [0.05, 0.1) is 11.7 Å². The maximum atomic E-state index is 12.3. The summed E-state index contributed by atoms with van der Waals surface area (Å²) in [5.41, 5.74) is 0.287. The van der Waals surface area contributed by atoms with Crippen molar-refractivity contribution in [2.24, 2.45) is 5.92 Å². The summed E-state index contributed by atoms with van der Waals surface area (Å²) in [6.45, 7) is 0. The van der Waals surface area contributed by atoms with Crippen LogP contribution in [-0.2, 0) is 12.6 Å². The summed E-state index contributed by atoms with van der Waals surface area (Å²) in [6.07, 6.45) is 0.0275. The molecule has 1 fully saturated rings. The van der Waals surface area contributed by atoms with Gasteiger partial charge in [0.2, 0.25) is 0 Å². The van der Waals surface area contributed by atoms with Crippen LogP contribution < -0.4 is 0 Å². The minimum atomic E-state index is -4.26. The molecule has 1 saturated carbocycles. The molecule has 1 aliphatic carbocycles. The Kier molecular flexibility index (Phi) is 3.95. The molecular weight excluding hydrogens is 241 g/mol. The molecule has 1 aromatic carbocycles. The molecule has 2 rings (SSSR count). The largest absolute Gasteiger partial charge is 0.416 e. The van der Waals surface area contributed by atoms with Crippen LogP contribution in [0.1, 0.15) is 36.8 Å². The zero-order valence-electron chi connectivity index (χ0n) is 10.1. The molecule has 1 aromatic rings. The van der Waals surface area contributed by atoms with Crippen molar-refractivity contribution >= 4 is 0 Å². The molecule has 1 atom stereocenters. The van der Waals surface area contributed by atoms with Gasteiger partial charge in [-0.25, -0.2) is 0 Å². The van der Waals surface area contributed by atoms with Gasteiger partial charge in [-0.3, -0.25) is 0 Å². The van der Waals surface area contributed by atoms with Gasteiger partial charge >= 0.3 is 6.18 Å². The minimum absolute atomic E-state index is 0.223. The average Bonchev–Trinajstić information content (AvgIpc) is 3.12. The molecule has 0 saturated heterocycles. The molecule has 0 bridgehead atoms. The van der Waals surface area contributed by atoms with E-state index in [1.807, 2.05) is 0 Å². The van der Waals surface area contributed by atoms with Gasteiger partial charge in [-0.2, -0.15) is 13.2 Å². The maximum Gasteiger partial charge on any atom is 0.416 e. The Morgan fingerprint density at radius 2 is 1.78 bits per heavy atom. The molecule has 0 aromatic heterocycles. The van der Waals surface area contributed by atoms with Crippen molar-refractivity contribution in [1.82, 2.24) is 0 Å². The second kappa shape index (κ2) is 5.31. The number of aliphatic hydroxyl groups is 1. The lowest BCUT2D eigenvalue weighted by Crippen LogP contribution is -2.09. The van der Waals surface area contributed by atoms with Crippen molar-refractivity contribution in [3.05, 3.63) is 35.4 Å². The van der Waals surface area contributed by atoms with Crippen molar-refractivity contribution in [1.29, 1.82) is 0 Å². The zero-order valence-corrected chi connectivity index (χ0v) is 10.1. The highest BCUT2D eigenvalue weighted by atomic mass is 19.4. The lowest BCUT2D eigenvalue weighted by molar-refractivity contribution is -0.137. The van der Waals surface area contributed by atoms with E-state index in [1.165, 1.54) is 12.1 Å². The lowest BCUT2D eigenvalue weighted by Gasteiger charge is -2.10. The van der Waals surface area contributed by atoms with Crippen LogP contribution in [0.5, 0.6) is 0 Å². The smallest absolute Gasteiger partial charge is 0.393 e. The first-order chi connectivity index (χ1) is 8.47. The third kappa shape index (κ3) is 3.73. The maximum absolute atomic E-state index is 12.3. The molecule has 0 amide bonds. The predicted molar refractivity (Wildman–Crippen MR) is 63.1 cm³/mol. The van der Waals surface area contributed by atoms with Crippen LogP contribution in [0.15, 0.2) is 24.3 Å². The number of rotatable bonds is 5. The molecule has 18 heavy (non-hydrogen) atoms. The molecule has 1 nitrogen and oxygen atoms in total. The number of halogens is 3. The second-order valence-electron chi connectivity index (χ2n) is 4.99. The summed E-state index contributed by atoms with van der Waals surface area (Å²) in [5.74, 6) is 0.470. The molecule has 4 heteroatoms. The van der Waals surface area contributed by atoms with E-state index in [-0.39, 0.29) is 6.10 Å². The third-order valence-corrected chi connectivity index (χ3v) is 3.41. The van der Waals surface area contributed by atoms with Crippen LogP contribution in [0.25, 0.3) is 0 Å². The van der Waals surface area contributed by atoms with E-state index in [1.54, 1.807) is 0 Å². The summed E-state index contributed by atoms with van der Waals surface area (Å²) in [5, 5.41) is 9.67. The van der Waals surface area contributed by atoms with Gasteiger partial charge in [-0.15, -0.1) is 0 Å². The highest BCUT2D eigenvalue weighted by Gasteiger charge is 2.30. The van der Waals surface area contributed by atoms with E-state index in [0.29, 0.717) is 5.92 Å². The second-order valence-corrected chi connectivity index (χ2v) is 4.99. The zero-order chi connectivity index (χ0) is 13.2. The molecule has 0 spiro atoms. The number of aryl methyl sites for hydroxylation is 1. The highest BCUT2D eigenvalue weighted by molar-refractivity contribution is 5.24. The van der Waals surface area contributed by atoms with Crippen LogP contribution in [0.3, 0.4) is 0 Å². The van der Waals surface area contributed by atoms with Crippen molar-refractivity contribution in [3.8, 4) is 0 Å². The predicted octanol–water partition coefficient (Wildman–Crippen LogP) is 3.80. The lowest BCUT2D eigenvalue weighted by atomic mass is 10.0. The van der Waals surface area contributed by atoms with Crippen LogP contribution >= 0.6 is 0 Å². The average molecular weight is 258 g/mol. The number of benzene rings is 1. The van der Waals surface area contributed by atoms with Crippen molar-refractivity contribution in [2.75, 3.05) is 0 Å². The van der Waals surface area contributed by atoms with Crippen LogP contribution in [-0.4, -0.2) is 11.2 Å². The molecule has 1 unspecified atom stereocenters. The van der Waals surface area contributed by atoms with Gasteiger partial charge in [0.1, 0.15) is 0 Å². The minimum Gasteiger partial charge on any atom is -0.393 e. The fourth-order valence-corrected chi connectivity index (χ4v) is 2.09. The monoisotopic (exact) mass is 258 g/mol. The van der Waals surface area contributed by atoms with Crippen LogP contribution in [0.4, 0.5) is 13.2 Å². The molecule has 1 aliphatic rings. The fraction of sp³-hybridized carbons (Fsp3) is 0.571. The van der Waals surface area contributed by atoms with E-state index >= 15 is 0 Å². The van der Waals surface area contributed by atoms with Crippen molar-refractivity contribution < 1.29 is 18.3 Å². The summed E-state index contributed by atoms with van der Waals surface area (Å²) in [4.78, 5) is 0. The molecule has 0 aliphatic heterocycles. The molecule has 100 valence electrons. The SMILES string of the molecule is OC(CCCc1ccc(C(F)(F)F)cc1)C1CC1. The topological polar surface area (TPSA) is 20.2 Å². The summed E-state index contributed by atoms with van der Waals surface area (Å²) in [6, 6.07) is 5.28. The summed E-state index contributed by atoms with van der Waals surface area (Å²) >= 11 is 0. The number of hydrogen-bond donors (Lipinski definition) is 1. The van der Waals surface area contributed by atoms with E-state index in [4.69, 9.17) is 0 Å². The standard InChI is InChI=1S/C14H17F3O/c15-14(16,17)12-8-4-10(5-9-12)2-1-3-13(18)11-6-7-11/h4-5,8-9,11,13,18H,1-3,6-7H2. The third-order valence-electron chi connectivity index (χ3n) is 3.41. The van der Waals surface area contributed by atoms with E-state index in [2.05, 4.69) is 0 Å². The van der Waals surface area contributed by atoms with Crippen LogP contribution in [0.2, 0.25) is 0 Å². The number of aliphatic hydroxyl groups excluding tert-OH is 1. The van der Waals surface area contributed by atoms with E-state index in [0.717, 1.165) is 49.8 Å². The number of hydrogen-bond acceptors (Lipinski definition) is 1. The van der Waals surface area contributed by atoms with Crippen LogP contribution in [0, 0.1) is 5.92 Å². The summed E-state index contributed by atoms with van der Waals surface area (Å²) < 4.78 is 37.0. The first-order valence-electron chi connectivity index (χ1n) is 6.31. The summed E-state index contributed by atoms with van der Waals surface area (Å²) in [7, 11) is 0. The Labute approximate surface area is 105 Å². The highest BCUT2D eigenvalue weighted by Crippen LogP contribution is 2.34. The van der Waals surface area contributed by atoms with Crippen molar-refractivity contribution in [3.63, 3.8) is 0 Å². The number of alkyl halides is 3. The first-order valence-corrected chi connectivity index (χ1v) is 6.31. The van der Waals surface area contributed by atoms with Gasteiger partial charge in [-0.1, -0.05) is 12.1 Å².